The number of hydrogen-bond donors (Lipinski definition) is 0. The van der Waals surface area contributed by atoms with Gasteiger partial charge in [-0.3, -0.25) is 0 Å². The monoisotopic (exact) mass is 707 g/mol. The van der Waals surface area contributed by atoms with Gasteiger partial charge in [-0.2, -0.15) is 0 Å². The quantitative estimate of drug-likeness (QED) is 0.178. The molecule has 0 bridgehead atoms. The van der Waals surface area contributed by atoms with Crippen molar-refractivity contribution in [2.45, 2.75) is 0 Å². The Bertz CT molecular complexity index is 3440. The summed E-state index contributed by atoms with van der Waals surface area (Å²) in [4.78, 5) is 7.32. The fraction of sp³-hybridized carbons (Fsp3) is 0. The van der Waals surface area contributed by atoms with E-state index < -0.39 is 0 Å². The summed E-state index contributed by atoms with van der Waals surface area (Å²) in [5.41, 5.74) is 12.0. The predicted octanol–water partition coefficient (Wildman–Crippen LogP) is 13.9. The lowest BCUT2D eigenvalue weighted by atomic mass is 10.1. The van der Waals surface area contributed by atoms with Crippen molar-refractivity contribution >= 4 is 93.8 Å². The highest BCUT2D eigenvalue weighted by molar-refractivity contribution is 6.18. The first kappa shape index (κ1) is 29.9. The van der Waals surface area contributed by atoms with Crippen molar-refractivity contribution in [1.29, 1.82) is 0 Å². The van der Waals surface area contributed by atoms with Crippen molar-refractivity contribution in [2.24, 2.45) is 0 Å². The van der Waals surface area contributed by atoms with E-state index in [1.54, 1.807) is 0 Å². The number of anilines is 3. The van der Waals surface area contributed by atoms with E-state index in [-0.39, 0.29) is 0 Å². The third-order valence-electron chi connectivity index (χ3n) is 10.8. The molecule has 0 aliphatic heterocycles. The number of rotatable bonds is 5. The first-order valence-electron chi connectivity index (χ1n) is 18.4. The lowest BCUT2D eigenvalue weighted by Crippen LogP contribution is -2.11. The molecule has 0 atom stereocenters. The van der Waals surface area contributed by atoms with E-state index in [1.807, 2.05) is 54.6 Å². The SMILES string of the molecule is c1ccc(-c2nc3c(ccc4oc5cc(N(c6ccc7oc8ccccc8c7c6)c6cccc7c8ccccc8n(-c8ccccc8)c67)ccc5c43)o2)cc1. The van der Waals surface area contributed by atoms with E-state index in [1.165, 1.54) is 10.8 Å². The Balaban J connectivity index is 1.13. The van der Waals surface area contributed by atoms with Crippen molar-refractivity contribution < 1.29 is 13.3 Å². The van der Waals surface area contributed by atoms with Gasteiger partial charge in [-0.1, -0.05) is 84.9 Å². The highest BCUT2D eigenvalue weighted by Crippen LogP contribution is 2.46. The molecule has 55 heavy (non-hydrogen) atoms. The number of benzene rings is 8. The molecule has 0 aliphatic carbocycles. The van der Waals surface area contributed by atoms with Gasteiger partial charge in [-0.25, -0.2) is 4.98 Å². The van der Waals surface area contributed by atoms with Crippen LogP contribution in [0.15, 0.2) is 189 Å². The lowest BCUT2D eigenvalue weighted by Gasteiger charge is -2.27. The molecule has 8 aromatic carbocycles. The molecule has 0 unspecified atom stereocenters. The third kappa shape index (κ3) is 4.46. The Kier molecular flexibility index (Phi) is 6.24. The highest BCUT2D eigenvalue weighted by Gasteiger charge is 2.24. The Morgan fingerprint density at radius 1 is 0.436 bits per heavy atom. The van der Waals surface area contributed by atoms with Crippen LogP contribution in [0.5, 0.6) is 0 Å². The molecule has 0 N–H and O–H groups in total. The molecule has 0 aliphatic rings. The number of oxazole rings is 1. The average molecular weight is 708 g/mol. The fourth-order valence-electron chi connectivity index (χ4n) is 8.39. The van der Waals surface area contributed by atoms with Crippen molar-refractivity contribution in [2.75, 3.05) is 4.90 Å². The molecule has 6 nitrogen and oxygen atoms in total. The zero-order valence-corrected chi connectivity index (χ0v) is 29.3. The molecular weight excluding hydrogens is 679 g/mol. The minimum absolute atomic E-state index is 0.587. The second kappa shape index (κ2) is 11.5. The normalized spacial score (nSPS) is 12.0. The van der Waals surface area contributed by atoms with Crippen LogP contribution in [0.2, 0.25) is 0 Å². The highest BCUT2D eigenvalue weighted by atomic mass is 16.4. The standard InChI is InChI=1S/C49H29N3O3/c1-3-12-30(13-4-1)49-50-47-44(55-49)27-26-43-46(47)37-24-22-33(29-45(37)54-43)51(32-23-25-42-38(28-32)35-17-8-10-21-41(35)53-42)40-20-11-18-36-34-16-7-9-19-39(34)52(48(36)40)31-14-5-2-6-15-31/h1-29H. The second-order valence-corrected chi connectivity index (χ2v) is 13.9. The van der Waals surface area contributed by atoms with Gasteiger partial charge in [0.25, 0.3) is 0 Å². The maximum atomic E-state index is 6.65. The number of fused-ring (bicyclic) bond motifs is 11. The van der Waals surface area contributed by atoms with Crippen molar-refractivity contribution in [3.05, 3.63) is 176 Å². The van der Waals surface area contributed by atoms with Crippen LogP contribution in [0.1, 0.15) is 0 Å². The van der Waals surface area contributed by atoms with E-state index in [9.17, 15) is 0 Å². The molecule has 0 radical (unpaired) electrons. The predicted molar refractivity (Wildman–Crippen MR) is 223 cm³/mol. The van der Waals surface area contributed by atoms with Gasteiger partial charge >= 0.3 is 0 Å². The molecule has 0 saturated carbocycles. The van der Waals surface area contributed by atoms with Crippen LogP contribution >= 0.6 is 0 Å². The Hall–Kier alpha value is -7.57. The maximum Gasteiger partial charge on any atom is 0.227 e. The van der Waals surface area contributed by atoms with E-state index in [4.69, 9.17) is 18.2 Å². The molecule has 0 fully saturated rings. The first-order chi connectivity index (χ1) is 27.3. The van der Waals surface area contributed by atoms with Crippen molar-refractivity contribution in [3.63, 3.8) is 0 Å². The topological polar surface area (TPSA) is 60.5 Å². The summed E-state index contributed by atoms with van der Waals surface area (Å²) < 4.78 is 21.6. The molecule has 258 valence electrons. The summed E-state index contributed by atoms with van der Waals surface area (Å²) in [7, 11) is 0. The van der Waals surface area contributed by atoms with E-state index in [0.717, 1.165) is 94.3 Å². The summed E-state index contributed by atoms with van der Waals surface area (Å²) in [6.45, 7) is 0. The molecule has 12 rings (SSSR count). The minimum atomic E-state index is 0.587. The Morgan fingerprint density at radius 2 is 1.11 bits per heavy atom. The van der Waals surface area contributed by atoms with Crippen molar-refractivity contribution in [1.82, 2.24) is 9.55 Å². The molecule has 6 heteroatoms. The Morgan fingerprint density at radius 3 is 2.00 bits per heavy atom. The molecule has 4 heterocycles. The number of hydrogen-bond acceptors (Lipinski definition) is 5. The molecule has 0 saturated heterocycles. The summed E-state index contributed by atoms with van der Waals surface area (Å²) >= 11 is 0. The zero-order chi connectivity index (χ0) is 36.0. The van der Waals surface area contributed by atoms with Gasteiger partial charge in [0, 0.05) is 55.6 Å². The van der Waals surface area contributed by atoms with E-state index in [2.05, 4.69) is 131 Å². The molecular formula is C49H29N3O3. The van der Waals surface area contributed by atoms with Crippen LogP contribution in [0, 0.1) is 0 Å². The maximum absolute atomic E-state index is 6.65. The van der Waals surface area contributed by atoms with Gasteiger partial charge in [-0.15, -0.1) is 0 Å². The number of nitrogens with zero attached hydrogens (tertiary/aromatic N) is 3. The van der Waals surface area contributed by atoms with Crippen LogP contribution in [0.25, 0.3) is 93.9 Å². The zero-order valence-electron chi connectivity index (χ0n) is 29.3. The third-order valence-corrected chi connectivity index (χ3v) is 10.8. The first-order valence-corrected chi connectivity index (χ1v) is 18.4. The molecule has 0 amide bonds. The van der Waals surface area contributed by atoms with Crippen LogP contribution in [-0.2, 0) is 0 Å². The summed E-state index contributed by atoms with van der Waals surface area (Å²) in [6.07, 6.45) is 0. The number of aromatic nitrogens is 2. The number of para-hydroxylation sites is 4. The van der Waals surface area contributed by atoms with Crippen LogP contribution < -0.4 is 4.90 Å². The lowest BCUT2D eigenvalue weighted by molar-refractivity contribution is 0.619. The second-order valence-electron chi connectivity index (χ2n) is 13.9. The molecule has 0 spiro atoms. The van der Waals surface area contributed by atoms with Gasteiger partial charge in [0.1, 0.15) is 27.8 Å². The van der Waals surface area contributed by atoms with Crippen LogP contribution in [0.3, 0.4) is 0 Å². The van der Waals surface area contributed by atoms with Gasteiger partial charge in [0.2, 0.25) is 5.89 Å². The average Bonchev–Trinajstić information content (AvgIpc) is 4.02. The van der Waals surface area contributed by atoms with Gasteiger partial charge < -0.3 is 22.7 Å². The molecule has 12 aromatic rings. The Labute approximate surface area is 313 Å². The number of furan rings is 2. The van der Waals surface area contributed by atoms with E-state index in [0.29, 0.717) is 5.89 Å². The fourth-order valence-corrected chi connectivity index (χ4v) is 8.39. The largest absolute Gasteiger partial charge is 0.456 e. The minimum Gasteiger partial charge on any atom is -0.456 e. The summed E-state index contributed by atoms with van der Waals surface area (Å²) in [5, 5.41) is 6.42. The van der Waals surface area contributed by atoms with Gasteiger partial charge in [0.15, 0.2) is 5.58 Å². The van der Waals surface area contributed by atoms with Crippen LogP contribution in [0.4, 0.5) is 17.1 Å². The van der Waals surface area contributed by atoms with E-state index >= 15 is 0 Å². The van der Waals surface area contributed by atoms with Crippen molar-refractivity contribution in [3.8, 4) is 17.1 Å². The smallest absolute Gasteiger partial charge is 0.227 e. The summed E-state index contributed by atoms with van der Waals surface area (Å²) in [5.74, 6) is 0.587. The molecule has 4 aromatic heterocycles. The summed E-state index contributed by atoms with van der Waals surface area (Å²) in [6, 6.07) is 60.9. The van der Waals surface area contributed by atoms with Gasteiger partial charge in [0.05, 0.1) is 22.1 Å². The van der Waals surface area contributed by atoms with Crippen LogP contribution in [-0.4, -0.2) is 9.55 Å². The van der Waals surface area contributed by atoms with Gasteiger partial charge in [-0.05, 0) is 84.9 Å².